The van der Waals surface area contributed by atoms with E-state index >= 15 is 0 Å². The number of aliphatic hydroxyl groups is 1. The highest BCUT2D eigenvalue weighted by atomic mass is 32.2. The third-order valence-corrected chi connectivity index (χ3v) is 5.13. The zero-order valence-corrected chi connectivity index (χ0v) is 17.7. The first kappa shape index (κ1) is 23.1. The zero-order valence-electron chi connectivity index (χ0n) is 16.9. The summed E-state index contributed by atoms with van der Waals surface area (Å²) in [5, 5.41) is 9.06. The number of aliphatic hydroxyl groups excluding tert-OH is 1. The van der Waals surface area contributed by atoms with Gasteiger partial charge >= 0.3 is 0 Å². The van der Waals surface area contributed by atoms with Crippen LogP contribution in [0.1, 0.15) is 26.2 Å². The van der Waals surface area contributed by atoms with Crippen molar-refractivity contribution in [2.45, 2.75) is 26.4 Å². The summed E-state index contributed by atoms with van der Waals surface area (Å²) < 4.78 is 23.8. The first-order chi connectivity index (χ1) is 14.1. The van der Waals surface area contributed by atoms with Crippen LogP contribution in [0.4, 0.5) is 4.39 Å². The van der Waals surface area contributed by atoms with Crippen molar-refractivity contribution in [3.05, 3.63) is 41.3 Å². The van der Waals surface area contributed by atoms with Gasteiger partial charge in [0.05, 0.1) is 6.61 Å². The van der Waals surface area contributed by atoms with Gasteiger partial charge in [0.15, 0.2) is 5.58 Å². The summed E-state index contributed by atoms with van der Waals surface area (Å²) in [5.41, 5.74) is 1.19. The minimum atomic E-state index is -0.888. The molecule has 2 aromatic rings. The smallest absolute Gasteiger partial charge is 0.220 e. The Labute approximate surface area is 175 Å². The number of hydrogen-bond donors (Lipinski definition) is 1. The molecule has 0 aliphatic heterocycles. The van der Waals surface area contributed by atoms with Crippen LogP contribution >= 0.6 is 11.8 Å². The molecule has 6 nitrogen and oxygen atoms in total. The van der Waals surface area contributed by atoms with Crippen LogP contribution in [0.3, 0.4) is 0 Å². The van der Waals surface area contributed by atoms with E-state index in [-0.39, 0.29) is 0 Å². The molecule has 0 bridgehead atoms. The lowest BCUT2D eigenvalue weighted by Crippen LogP contribution is -2.23. The quantitative estimate of drug-likeness (QED) is 0.291. The van der Waals surface area contributed by atoms with Gasteiger partial charge in [-0.2, -0.15) is 0 Å². The highest BCUT2D eigenvalue weighted by Gasteiger charge is 2.11. The SMILES string of the molecule is C=N/C=C(/C=C/c1nc2ccc(OC(CO)CF)cc2o1)SCN(CC)CCC. The molecule has 0 fully saturated rings. The Hall–Kier alpha value is -2.16. The predicted molar refractivity (Wildman–Crippen MR) is 118 cm³/mol. The fourth-order valence-electron chi connectivity index (χ4n) is 2.55. The topological polar surface area (TPSA) is 71.1 Å². The molecule has 0 spiro atoms. The van der Waals surface area contributed by atoms with Gasteiger partial charge in [-0.15, -0.1) is 11.8 Å². The summed E-state index contributed by atoms with van der Waals surface area (Å²) in [4.78, 5) is 11.6. The van der Waals surface area contributed by atoms with Crippen molar-refractivity contribution in [2.75, 3.05) is 32.2 Å². The van der Waals surface area contributed by atoms with Crippen LogP contribution in [0.15, 0.2) is 44.8 Å². The van der Waals surface area contributed by atoms with E-state index in [2.05, 4.69) is 35.4 Å². The monoisotopic (exact) mass is 421 g/mol. The number of alkyl halides is 1. The molecule has 1 unspecified atom stereocenters. The highest BCUT2D eigenvalue weighted by molar-refractivity contribution is 8.03. The average Bonchev–Trinajstić information content (AvgIpc) is 3.15. The van der Waals surface area contributed by atoms with E-state index in [9.17, 15) is 4.39 Å². The van der Waals surface area contributed by atoms with Crippen LogP contribution in [-0.2, 0) is 0 Å². The molecule has 1 atom stereocenters. The summed E-state index contributed by atoms with van der Waals surface area (Å²) in [6, 6.07) is 5.05. The van der Waals surface area contributed by atoms with Gasteiger partial charge in [-0.05, 0) is 44.4 Å². The first-order valence-corrected chi connectivity index (χ1v) is 10.5. The molecule has 2 rings (SSSR count). The molecule has 0 saturated carbocycles. The predicted octanol–water partition coefficient (Wildman–Crippen LogP) is 4.51. The second-order valence-electron chi connectivity index (χ2n) is 6.29. The summed E-state index contributed by atoms with van der Waals surface area (Å²) in [6.45, 7) is 8.74. The van der Waals surface area contributed by atoms with Crippen LogP contribution in [0, 0.1) is 0 Å². The van der Waals surface area contributed by atoms with Crippen molar-refractivity contribution < 1.29 is 18.7 Å². The molecule has 0 aliphatic carbocycles. The number of ether oxygens (including phenoxy) is 1. The number of aromatic nitrogens is 1. The Morgan fingerprint density at radius 3 is 2.97 bits per heavy atom. The molecule has 0 radical (unpaired) electrons. The third kappa shape index (κ3) is 7.30. The standard InChI is InChI=1S/C21H28FN3O3S/c1-4-10-25(5-2)15-29-18(13-23-3)7-9-21-24-19-8-6-16(11-20(19)28-21)27-17(12-22)14-26/h6-9,11,13,17,26H,3-5,10,12,14-15H2,1-2H3/b9-7+,18-13-. The van der Waals surface area contributed by atoms with Crippen LogP contribution in [-0.4, -0.2) is 60.1 Å². The number of benzene rings is 1. The van der Waals surface area contributed by atoms with E-state index in [1.54, 1.807) is 42.2 Å². The van der Waals surface area contributed by atoms with Crippen LogP contribution < -0.4 is 4.74 Å². The fraction of sp³-hybridized carbons (Fsp3) is 0.429. The summed E-state index contributed by atoms with van der Waals surface area (Å²) in [7, 11) is 0. The molecule has 0 aliphatic rings. The molecular formula is C21H28FN3O3S. The number of allylic oxidation sites excluding steroid dienone is 1. The molecule has 8 heteroatoms. The number of aliphatic imine (C=N–C) groups is 1. The Morgan fingerprint density at radius 1 is 1.48 bits per heavy atom. The lowest BCUT2D eigenvalue weighted by Gasteiger charge is -2.18. The van der Waals surface area contributed by atoms with Crippen molar-refractivity contribution in [3.8, 4) is 5.75 Å². The fourth-order valence-corrected chi connectivity index (χ4v) is 3.50. The Kier molecular flexibility index (Phi) is 9.90. The highest BCUT2D eigenvalue weighted by Crippen LogP contribution is 2.25. The van der Waals surface area contributed by atoms with E-state index < -0.39 is 19.4 Å². The van der Waals surface area contributed by atoms with Gasteiger partial charge in [0.25, 0.3) is 0 Å². The van der Waals surface area contributed by atoms with Gasteiger partial charge in [0, 0.05) is 29.1 Å². The van der Waals surface area contributed by atoms with Gasteiger partial charge in [0.1, 0.15) is 24.0 Å². The number of rotatable bonds is 13. The van der Waals surface area contributed by atoms with Crippen molar-refractivity contribution >= 4 is 35.7 Å². The number of oxazole rings is 1. The molecule has 0 saturated heterocycles. The van der Waals surface area contributed by atoms with E-state index in [1.165, 1.54) is 0 Å². The van der Waals surface area contributed by atoms with Crippen LogP contribution in [0.2, 0.25) is 0 Å². The number of hydrogen-bond acceptors (Lipinski definition) is 7. The number of thioether (sulfide) groups is 1. The van der Waals surface area contributed by atoms with E-state index in [0.717, 1.165) is 30.3 Å². The summed E-state index contributed by atoms with van der Waals surface area (Å²) in [6.07, 6.45) is 5.61. The molecule has 1 heterocycles. The minimum absolute atomic E-state index is 0.392. The number of halogens is 1. The maximum atomic E-state index is 12.7. The minimum Gasteiger partial charge on any atom is -0.485 e. The van der Waals surface area contributed by atoms with E-state index in [4.69, 9.17) is 14.3 Å². The molecule has 1 aromatic heterocycles. The maximum absolute atomic E-state index is 12.7. The second-order valence-corrected chi connectivity index (χ2v) is 7.31. The van der Waals surface area contributed by atoms with E-state index in [0.29, 0.717) is 22.7 Å². The van der Waals surface area contributed by atoms with Gasteiger partial charge in [-0.1, -0.05) is 13.8 Å². The Morgan fingerprint density at radius 2 is 2.31 bits per heavy atom. The summed E-state index contributed by atoms with van der Waals surface area (Å²) in [5.74, 6) is 1.73. The van der Waals surface area contributed by atoms with Gasteiger partial charge in [0.2, 0.25) is 5.89 Å². The molecule has 0 amide bonds. The van der Waals surface area contributed by atoms with Gasteiger partial charge < -0.3 is 14.3 Å². The maximum Gasteiger partial charge on any atom is 0.220 e. The van der Waals surface area contributed by atoms with Crippen LogP contribution in [0.5, 0.6) is 5.75 Å². The normalized spacial score (nSPS) is 13.5. The lowest BCUT2D eigenvalue weighted by molar-refractivity contribution is 0.0932. The molecular weight excluding hydrogens is 393 g/mol. The van der Waals surface area contributed by atoms with Gasteiger partial charge in [-0.3, -0.25) is 9.89 Å². The average molecular weight is 422 g/mol. The largest absolute Gasteiger partial charge is 0.485 e. The van der Waals surface area contributed by atoms with Crippen molar-refractivity contribution in [1.82, 2.24) is 9.88 Å². The van der Waals surface area contributed by atoms with Crippen molar-refractivity contribution in [2.24, 2.45) is 4.99 Å². The zero-order chi connectivity index (χ0) is 21.1. The molecule has 29 heavy (non-hydrogen) atoms. The molecule has 158 valence electrons. The van der Waals surface area contributed by atoms with Crippen molar-refractivity contribution in [1.29, 1.82) is 0 Å². The summed E-state index contributed by atoms with van der Waals surface area (Å²) >= 11 is 1.68. The molecule has 1 aromatic carbocycles. The number of fused-ring (bicyclic) bond motifs is 1. The van der Waals surface area contributed by atoms with Gasteiger partial charge in [-0.25, -0.2) is 9.37 Å². The van der Waals surface area contributed by atoms with Crippen LogP contribution in [0.25, 0.3) is 17.2 Å². The molecule has 1 N–H and O–H groups in total. The van der Waals surface area contributed by atoms with Crippen molar-refractivity contribution in [3.63, 3.8) is 0 Å². The van der Waals surface area contributed by atoms with E-state index in [1.807, 2.05) is 6.08 Å². The Balaban J connectivity index is 2.08. The first-order valence-electron chi connectivity index (χ1n) is 9.56. The number of nitrogens with zero attached hydrogens (tertiary/aromatic N) is 3. The lowest BCUT2D eigenvalue weighted by atomic mass is 10.3. The Bertz CT molecular complexity index is 834. The second kappa shape index (κ2) is 12.4. The third-order valence-electron chi connectivity index (χ3n) is 4.06.